The Kier molecular flexibility index (Phi) is 36.0. The summed E-state index contributed by atoms with van der Waals surface area (Å²) in [6.45, 7) is 4.41. The molecule has 0 N–H and O–H groups in total. The minimum absolute atomic E-state index is 0.00992. The van der Waals surface area contributed by atoms with E-state index >= 15 is 0 Å². The molecule has 0 aromatic heterocycles. The van der Waals surface area contributed by atoms with Crippen LogP contribution < -0.4 is 5.11 Å². The summed E-state index contributed by atoms with van der Waals surface area (Å²) in [6.07, 6.45) is 49.0. The van der Waals surface area contributed by atoms with Gasteiger partial charge in [0.1, 0.15) is 12.6 Å². The summed E-state index contributed by atoms with van der Waals surface area (Å²) in [5.74, 6) is -1.85. The van der Waals surface area contributed by atoms with Gasteiger partial charge in [0.05, 0.1) is 40.3 Å². The Balaban J connectivity index is 4.50. The first-order valence-corrected chi connectivity index (χ1v) is 21.7. The van der Waals surface area contributed by atoms with Crippen molar-refractivity contribution in [2.45, 2.75) is 161 Å². The molecule has 0 saturated carbocycles. The largest absolute Gasteiger partial charge is 0.544 e. The van der Waals surface area contributed by atoms with Crippen LogP contribution in [0.1, 0.15) is 149 Å². The number of ether oxygens (including phenoxy) is 3. The first-order valence-electron chi connectivity index (χ1n) is 21.7. The smallest absolute Gasteiger partial charge is 0.306 e. The number of aliphatic carboxylic acids is 1. The number of hydrogen-bond acceptors (Lipinski definition) is 7. The molecule has 0 radical (unpaired) electrons. The van der Waals surface area contributed by atoms with Crippen molar-refractivity contribution >= 4 is 17.9 Å². The Labute approximate surface area is 342 Å². The molecule has 2 unspecified atom stereocenters. The SMILES string of the molecule is CC/C=C/C=C/C=C/C=C/CCCCCCCC(=O)OC(COCCC(C(=O)[O-])[N+](C)(C)C)COC(=O)CCC/C=C/C/C=C/C/C=C/CCCCCCCC. The predicted octanol–water partition coefficient (Wildman–Crippen LogP) is 10.4. The van der Waals surface area contributed by atoms with Crippen LogP contribution >= 0.6 is 0 Å². The summed E-state index contributed by atoms with van der Waals surface area (Å²) < 4.78 is 17.1. The Morgan fingerprint density at radius 3 is 1.70 bits per heavy atom. The summed E-state index contributed by atoms with van der Waals surface area (Å²) in [6, 6.07) is -0.742. The molecule has 0 aliphatic heterocycles. The minimum Gasteiger partial charge on any atom is -0.544 e. The van der Waals surface area contributed by atoms with E-state index in [1.807, 2.05) is 30.4 Å². The summed E-state index contributed by atoms with van der Waals surface area (Å²) in [4.78, 5) is 36.8. The number of likely N-dealkylation sites (N-methyl/N-ethyl adjacent to an activating group) is 1. The number of rotatable bonds is 37. The second kappa shape index (κ2) is 38.4. The minimum atomic E-state index is -1.14. The van der Waals surface area contributed by atoms with Gasteiger partial charge in [0.2, 0.25) is 0 Å². The maximum atomic E-state index is 12.7. The standard InChI is InChI=1S/C48H79NO7/c1-6-8-10-12-14-16-18-20-22-23-25-26-28-30-32-34-36-38-46(50)55-43-44(42-54-41-40-45(48(52)53)49(3,4)5)56-47(51)39-37-35-33-31-29-27-24-21-19-17-15-13-11-9-7-2/h9,11,13,15,17,19-22,24-26,30,32,44-45H,6-8,10,12,14,16,18,23,27-29,31,33-43H2,1-5H3/b11-9+,15-13+,19-17+,22-20+,24-21+,26-25+,32-30+. The molecule has 0 aromatic carbocycles. The van der Waals surface area contributed by atoms with E-state index in [2.05, 4.69) is 68.5 Å². The van der Waals surface area contributed by atoms with E-state index < -0.39 is 18.1 Å². The molecule has 0 saturated heterocycles. The van der Waals surface area contributed by atoms with Gasteiger partial charge in [-0.2, -0.15) is 0 Å². The monoisotopic (exact) mass is 782 g/mol. The molecule has 8 heteroatoms. The van der Waals surface area contributed by atoms with Gasteiger partial charge in [-0.1, -0.05) is 150 Å². The van der Waals surface area contributed by atoms with Gasteiger partial charge >= 0.3 is 11.9 Å². The van der Waals surface area contributed by atoms with E-state index in [-0.39, 0.29) is 55.5 Å². The summed E-state index contributed by atoms with van der Waals surface area (Å²) in [5.41, 5.74) is 0. The van der Waals surface area contributed by atoms with Crippen molar-refractivity contribution in [3.05, 3.63) is 85.1 Å². The number of allylic oxidation sites excluding steroid dienone is 14. The average Bonchev–Trinajstić information content (AvgIpc) is 3.15. The zero-order valence-corrected chi connectivity index (χ0v) is 36.0. The number of carboxylic acid groups (broad SMARTS) is 1. The molecule has 56 heavy (non-hydrogen) atoms. The van der Waals surface area contributed by atoms with Crippen LogP contribution in [0.15, 0.2) is 85.1 Å². The zero-order valence-electron chi connectivity index (χ0n) is 36.0. The molecular weight excluding hydrogens is 703 g/mol. The quantitative estimate of drug-likeness (QED) is 0.0203. The molecule has 0 bridgehead atoms. The number of hydrogen-bond donors (Lipinski definition) is 0. The number of carbonyl (C=O) groups is 3. The number of nitrogens with zero attached hydrogens (tertiary/aromatic N) is 1. The Bertz CT molecular complexity index is 1190. The summed E-state index contributed by atoms with van der Waals surface area (Å²) in [5, 5.41) is 11.6. The first kappa shape index (κ1) is 52.5. The Hall–Kier alpha value is -3.49. The van der Waals surface area contributed by atoms with Gasteiger partial charge < -0.3 is 28.6 Å². The molecule has 318 valence electrons. The highest BCUT2D eigenvalue weighted by Crippen LogP contribution is 2.12. The Morgan fingerprint density at radius 2 is 1.09 bits per heavy atom. The second-order valence-corrected chi connectivity index (χ2v) is 15.3. The fourth-order valence-electron chi connectivity index (χ4n) is 5.74. The van der Waals surface area contributed by atoms with Gasteiger partial charge in [-0.25, -0.2) is 0 Å². The van der Waals surface area contributed by atoms with Crippen molar-refractivity contribution in [3.8, 4) is 0 Å². The molecule has 2 atom stereocenters. The van der Waals surface area contributed by atoms with Crippen LogP contribution in [0.25, 0.3) is 0 Å². The number of quaternary nitrogens is 1. The molecule has 0 aromatic rings. The average molecular weight is 782 g/mol. The maximum absolute atomic E-state index is 12.7. The van der Waals surface area contributed by atoms with Crippen LogP contribution in [0.3, 0.4) is 0 Å². The third-order valence-electron chi connectivity index (χ3n) is 9.11. The van der Waals surface area contributed by atoms with Crippen LogP contribution in [-0.2, 0) is 28.6 Å². The molecule has 0 fully saturated rings. The van der Waals surface area contributed by atoms with Crippen LogP contribution in [0.5, 0.6) is 0 Å². The highest BCUT2D eigenvalue weighted by atomic mass is 16.6. The van der Waals surface area contributed by atoms with E-state index in [1.165, 1.54) is 44.9 Å². The van der Waals surface area contributed by atoms with Crippen molar-refractivity contribution in [2.24, 2.45) is 0 Å². The molecule has 0 heterocycles. The van der Waals surface area contributed by atoms with Crippen molar-refractivity contribution in [1.82, 2.24) is 0 Å². The van der Waals surface area contributed by atoms with E-state index in [0.29, 0.717) is 6.42 Å². The number of unbranched alkanes of at least 4 members (excludes halogenated alkanes) is 12. The van der Waals surface area contributed by atoms with Crippen LogP contribution in [0.4, 0.5) is 0 Å². The van der Waals surface area contributed by atoms with Crippen molar-refractivity contribution in [3.63, 3.8) is 0 Å². The van der Waals surface area contributed by atoms with Gasteiger partial charge in [-0.15, -0.1) is 0 Å². The molecule has 0 aliphatic carbocycles. The van der Waals surface area contributed by atoms with Crippen molar-refractivity contribution < 1.29 is 38.2 Å². The first-order chi connectivity index (χ1) is 27.1. The Morgan fingerprint density at radius 1 is 0.571 bits per heavy atom. The van der Waals surface area contributed by atoms with Crippen molar-refractivity contribution in [2.75, 3.05) is 41.0 Å². The third kappa shape index (κ3) is 36.2. The van der Waals surface area contributed by atoms with E-state index in [0.717, 1.165) is 64.2 Å². The number of carboxylic acids is 1. The molecule has 0 spiro atoms. The normalized spacial score (nSPS) is 13.8. The zero-order chi connectivity index (χ0) is 41.4. The molecule has 8 nitrogen and oxygen atoms in total. The second-order valence-electron chi connectivity index (χ2n) is 15.3. The summed E-state index contributed by atoms with van der Waals surface area (Å²) >= 11 is 0. The molecular formula is C48H79NO7. The summed E-state index contributed by atoms with van der Waals surface area (Å²) in [7, 11) is 5.37. The molecule has 0 aliphatic rings. The van der Waals surface area contributed by atoms with E-state index in [9.17, 15) is 19.5 Å². The fraction of sp³-hybridized carbons (Fsp3) is 0.646. The maximum Gasteiger partial charge on any atom is 0.306 e. The van der Waals surface area contributed by atoms with Crippen molar-refractivity contribution in [1.29, 1.82) is 0 Å². The van der Waals surface area contributed by atoms with Gasteiger partial charge in [-0.05, 0) is 64.2 Å². The third-order valence-corrected chi connectivity index (χ3v) is 9.11. The lowest BCUT2D eigenvalue weighted by atomic mass is 10.1. The van der Waals surface area contributed by atoms with Gasteiger partial charge in [0.25, 0.3) is 0 Å². The van der Waals surface area contributed by atoms with Crippen LogP contribution in [0, 0.1) is 0 Å². The highest BCUT2D eigenvalue weighted by Gasteiger charge is 2.25. The van der Waals surface area contributed by atoms with Crippen LogP contribution in [-0.4, -0.2) is 75.5 Å². The fourth-order valence-corrected chi connectivity index (χ4v) is 5.74. The number of carbonyl (C=O) groups excluding carboxylic acids is 3. The van der Waals surface area contributed by atoms with Crippen LogP contribution in [0.2, 0.25) is 0 Å². The highest BCUT2D eigenvalue weighted by molar-refractivity contribution is 5.70. The van der Waals surface area contributed by atoms with Gasteiger partial charge in [0, 0.05) is 19.3 Å². The molecule has 0 rings (SSSR count). The van der Waals surface area contributed by atoms with E-state index in [4.69, 9.17) is 14.2 Å². The van der Waals surface area contributed by atoms with E-state index in [1.54, 1.807) is 21.1 Å². The lowest BCUT2D eigenvalue weighted by Gasteiger charge is -2.34. The topological polar surface area (TPSA) is 102 Å². The molecule has 0 amide bonds. The van der Waals surface area contributed by atoms with Gasteiger partial charge in [0.15, 0.2) is 6.10 Å². The van der Waals surface area contributed by atoms with Gasteiger partial charge in [-0.3, -0.25) is 9.59 Å². The predicted molar refractivity (Wildman–Crippen MR) is 231 cm³/mol. The lowest BCUT2D eigenvalue weighted by molar-refractivity contribution is -0.889. The number of esters is 2. The lowest BCUT2D eigenvalue weighted by Crippen LogP contribution is -2.55.